The third-order valence-corrected chi connectivity index (χ3v) is 4.64. The minimum absolute atomic E-state index is 0.00870. The fourth-order valence-electron chi connectivity index (χ4n) is 2.71. The van der Waals surface area contributed by atoms with Gasteiger partial charge in [-0.1, -0.05) is 18.2 Å². The molecular weight excluding hydrogens is 302 g/mol. The summed E-state index contributed by atoms with van der Waals surface area (Å²) in [6.45, 7) is 1.33. The van der Waals surface area contributed by atoms with Crippen LogP contribution in [0.2, 0.25) is 0 Å². The lowest BCUT2D eigenvalue weighted by molar-refractivity contribution is -0.0470. The van der Waals surface area contributed by atoms with Crippen LogP contribution in [0.1, 0.15) is 25.7 Å². The zero-order valence-electron chi connectivity index (χ0n) is 13.1. The number of halogens is 2. The van der Waals surface area contributed by atoms with Crippen LogP contribution in [-0.2, 0) is 0 Å². The molecule has 0 bridgehead atoms. The molecule has 2 aliphatic rings. The molecule has 23 heavy (non-hydrogen) atoms. The number of para-hydroxylation sites is 1. The summed E-state index contributed by atoms with van der Waals surface area (Å²) in [7, 11) is 0. The minimum atomic E-state index is -2.63. The van der Waals surface area contributed by atoms with Gasteiger partial charge in [0.1, 0.15) is 5.75 Å². The number of rotatable bonds is 5. The second kappa shape index (κ2) is 6.34. The first-order valence-corrected chi connectivity index (χ1v) is 8.07. The van der Waals surface area contributed by atoms with E-state index in [2.05, 4.69) is 5.32 Å². The van der Waals surface area contributed by atoms with Crippen molar-refractivity contribution in [1.29, 1.82) is 0 Å². The van der Waals surface area contributed by atoms with Crippen LogP contribution in [0.25, 0.3) is 0 Å². The van der Waals surface area contributed by atoms with E-state index in [1.165, 1.54) is 4.90 Å². The zero-order valence-corrected chi connectivity index (χ0v) is 13.1. The van der Waals surface area contributed by atoms with E-state index in [-0.39, 0.29) is 37.4 Å². The summed E-state index contributed by atoms with van der Waals surface area (Å²) in [6, 6.07) is 9.34. The highest BCUT2D eigenvalue weighted by Crippen LogP contribution is 2.45. The van der Waals surface area contributed by atoms with Crippen LogP contribution in [0.3, 0.4) is 0 Å². The van der Waals surface area contributed by atoms with Crippen molar-refractivity contribution in [2.75, 3.05) is 26.2 Å². The van der Waals surface area contributed by atoms with Gasteiger partial charge in [-0.15, -0.1) is 0 Å². The highest BCUT2D eigenvalue weighted by molar-refractivity contribution is 5.74. The number of ether oxygens (including phenoxy) is 1. The molecule has 0 atom stereocenters. The number of piperidine rings is 1. The SMILES string of the molecule is O=C(NCC1(COc2ccccc2)CC1)N1CCC(F)(F)CC1. The van der Waals surface area contributed by atoms with Gasteiger partial charge in [-0.2, -0.15) is 0 Å². The zero-order chi connectivity index (χ0) is 16.3. The van der Waals surface area contributed by atoms with Crippen LogP contribution in [0.15, 0.2) is 30.3 Å². The van der Waals surface area contributed by atoms with Gasteiger partial charge in [0, 0.05) is 37.9 Å². The van der Waals surface area contributed by atoms with Crippen molar-refractivity contribution in [3.63, 3.8) is 0 Å². The van der Waals surface area contributed by atoms with Crippen molar-refractivity contribution < 1.29 is 18.3 Å². The summed E-state index contributed by atoms with van der Waals surface area (Å²) >= 11 is 0. The molecule has 0 aromatic heterocycles. The molecule has 1 aromatic rings. The second-order valence-corrected chi connectivity index (χ2v) is 6.60. The predicted octanol–water partition coefficient (Wildman–Crippen LogP) is 3.29. The fourth-order valence-corrected chi connectivity index (χ4v) is 2.71. The molecule has 2 fully saturated rings. The molecule has 3 rings (SSSR count). The Kier molecular flexibility index (Phi) is 4.41. The molecule has 1 saturated heterocycles. The summed E-state index contributed by atoms with van der Waals surface area (Å²) in [5.41, 5.74) is -0.00870. The first kappa shape index (κ1) is 16.0. The number of alkyl halides is 2. The maximum atomic E-state index is 13.1. The molecule has 4 nitrogen and oxygen atoms in total. The lowest BCUT2D eigenvalue weighted by Crippen LogP contribution is -2.48. The number of urea groups is 1. The highest BCUT2D eigenvalue weighted by atomic mass is 19.3. The molecule has 126 valence electrons. The number of nitrogens with one attached hydrogen (secondary N) is 1. The molecule has 2 amide bonds. The average molecular weight is 324 g/mol. The number of nitrogens with zero attached hydrogens (tertiary/aromatic N) is 1. The molecule has 0 spiro atoms. The van der Waals surface area contributed by atoms with Crippen molar-refractivity contribution in [1.82, 2.24) is 10.2 Å². The van der Waals surface area contributed by atoms with Crippen LogP contribution in [0.4, 0.5) is 13.6 Å². The summed E-state index contributed by atoms with van der Waals surface area (Å²) in [4.78, 5) is 13.6. The summed E-state index contributed by atoms with van der Waals surface area (Å²) < 4.78 is 32.0. The van der Waals surface area contributed by atoms with E-state index in [4.69, 9.17) is 4.74 Å². The average Bonchev–Trinajstić information content (AvgIpc) is 3.32. The molecule has 1 aromatic carbocycles. The van der Waals surface area contributed by atoms with Gasteiger partial charge in [0.05, 0.1) is 6.61 Å². The van der Waals surface area contributed by atoms with E-state index in [0.717, 1.165) is 18.6 Å². The fraction of sp³-hybridized carbons (Fsp3) is 0.588. The second-order valence-electron chi connectivity index (χ2n) is 6.60. The number of benzene rings is 1. The minimum Gasteiger partial charge on any atom is -0.493 e. The van der Waals surface area contributed by atoms with E-state index in [0.29, 0.717) is 13.2 Å². The number of amides is 2. The van der Waals surface area contributed by atoms with E-state index in [9.17, 15) is 13.6 Å². The quantitative estimate of drug-likeness (QED) is 0.903. The van der Waals surface area contributed by atoms with Crippen LogP contribution >= 0.6 is 0 Å². The Balaban J connectivity index is 1.42. The third-order valence-electron chi connectivity index (χ3n) is 4.64. The van der Waals surface area contributed by atoms with Gasteiger partial charge < -0.3 is 15.0 Å². The third kappa shape index (κ3) is 4.33. The van der Waals surface area contributed by atoms with Crippen molar-refractivity contribution in [3.8, 4) is 5.75 Å². The Bertz CT molecular complexity index is 537. The van der Waals surface area contributed by atoms with Gasteiger partial charge in [0.2, 0.25) is 0 Å². The van der Waals surface area contributed by atoms with Crippen molar-refractivity contribution in [2.45, 2.75) is 31.6 Å². The first-order valence-electron chi connectivity index (χ1n) is 8.07. The van der Waals surface area contributed by atoms with Gasteiger partial charge in [-0.25, -0.2) is 13.6 Å². The first-order chi connectivity index (χ1) is 11.0. The summed E-state index contributed by atoms with van der Waals surface area (Å²) in [5, 5.41) is 2.88. The van der Waals surface area contributed by atoms with Gasteiger partial charge in [-0.3, -0.25) is 0 Å². The Morgan fingerprint density at radius 2 is 1.78 bits per heavy atom. The number of likely N-dealkylation sites (tertiary alicyclic amines) is 1. The molecule has 1 saturated carbocycles. The Morgan fingerprint density at radius 3 is 2.39 bits per heavy atom. The standard InChI is InChI=1S/C17H22F2N2O2/c18-17(19)8-10-21(11-9-17)15(22)20-12-16(6-7-16)13-23-14-4-2-1-3-5-14/h1-5H,6-13H2,(H,20,22). The number of hydrogen-bond donors (Lipinski definition) is 1. The normalized spacial score (nSPS) is 21.6. The topological polar surface area (TPSA) is 41.6 Å². The largest absolute Gasteiger partial charge is 0.493 e. The summed E-state index contributed by atoms with van der Waals surface area (Å²) in [5.74, 6) is -1.80. The van der Waals surface area contributed by atoms with Crippen molar-refractivity contribution in [3.05, 3.63) is 30.3 Å². The van der Waals surface area contributed by atoms with Crippen LogP contribution in [-0.4, -0.2) is 43.1 Å². The number of carbonyl (C=O) groups excluding carboxylic acids is 1. The maximum Gasteiger partial charge on any atom is 0.317 e. The molecule has 0 unspecified atom stereocenters. The van der Waals surface area contributed by atoms with Gasteiger partial charge >= 0.3 is 6.03 Å². The smallest absolute Gasteiger partial charge is 0.317 e. The van der Waals surface area contributed by atoms with Gasteiger partial charge in [-0.05, 0) is 25.0 Å². The van der Waals surface area contributed by atoms with Crippen LogP contribution in [0.5, 0.6) is 5.75 Å². The Hall–Kier alpha value is -1.85. The molecule has 6 heteroatoms. The monoisotopic (exact) mass is 324 g/mol. The number of carbonyl (C=O) groups is 1. The van der Waals surface area contributed by atoms with E-state index in [1.807, 2.05) is 30.3 Å². The lowest BCUT2D eigenvalue weighted by Gasteiger charge is -2.32. The number of hydrogen-bond acceptors (Lipinski definition) is 2. The van der Waals surface area contributed by atoms with Crippen LogP contribution < -0.4 is 10.1 Å². The molecule has 1 aliphatic carbocycles. The van der Waals surface area contributed by atoms with E-state index < -0.39 is 5.92 Å². The Labute approximate surface area is 134 Å². The van der Waals surface area contributed by atoms with E-state index in [1.54, 1.807) is 0 Å². The lowest BCUT2D eigenvalue weighted by atomic mass is 10.1. The molecule has 0 radical (unpaired) electrons. The molecule has 1 aliphatic heterocycles. The van der Waals surface area contributed by atoms with Crippen LogP contribution in [0, 0.1) is 5.41 Å². The van der Waals surface area contributed by atoms with Crippen molar-refractivity contribution in [2.24, 2.45) is 5.41 Å². The molecule has 1 N–H and O–H groups in total. The van der Waals surface area contributed by atoms with Crippen molar-refractivity contribution >= 4 is 6.03 Å². The summed E-state index contributed by atoms with van der Waals surface area (Å²) in [6.07, 6.45) is 1.53. The predicted molar refractivity (Wildman–Crippen MR) is 82.8 cm³/mol. The maximum absolute atomic E-state index is 13.1. The Morgan fingerprint density at radius 1 is 1.13 bits per heavy atom. The van der Waals surface area contributed by atoms with Gasteiger partial charge in [0.25, 0.3) is 5.92 Å². The van der Waals surface area contributed by atoms with E-state index >= 15 is 0 Å². The molecule has 1 heterocycles. The highest BCUT2D eigenvalue weighted by Gasteiger charge is 2.44. The molecular formula is C17H22F2N2O2. The van der Waals surface area contributed by atoms with Gasteiger partial charge in [0.15, 0.2) is 0 Å².